The molecule has 0 amide bonds. The summed E-state index contributed by atoms with van der Waals surface area (Å²) in [6.07, 6.45) is -2.06. The zero-order valence-electron chi connectivity index (χ0n) is 19.5. The molecule has 0 aliphatic heterocycles. The second kappa shape index (κ2) is 10.4. The van der Waals surface area contributed by atoms with E-state index in [-0.39, 0.29) is 23.4 Å². The third-order valence-corrected chi connectivity index (χ3v) is 6.57. The van der Waals surface area contributed by atoms with Gasteiger partial charge in [0.15, 0.2) is 6.61 Å². The minimum Gasteiger partial charge on any atom is -0.484 e. The Balaban J connectivity index is 1.61. The van der Waals surface area contributed by atoms with E-state index >= 15 is 0 Å². The third-order valence-electron chi connectivity index (χ3n) is 6.57. The number of aliphatic hydroxyl groups is 1. The van der Waals surface area contributed by atoms with Gasteiger partial charge in [-0.3, -0.25) is 0 Å². The molecular formula is C26H33F4NO2. The summed E-state index contributed by atoms with van der Waals surface area (Å²) in [5, 5.41) is 11.6. The first-order valence-electron chi connectivity index (χ1n) is 11.5. The van der Waals surface area contributed by atoms with Crippen molar-refractivity contribution >= 4 is 0 Å². The van der Waals surface area contributed by atoms with Crippen molar-refractivity contribution in [1.29, 1.82) is 0 Å². The highest BCUT2D eigenvalue weighted by molar-refractivity contribution is 5.37. The number of alkyl halides is 3. The fourth-order valence-corrected chi connectivity index (χ4v) is 4.97. The number of aryl methyl sites for hydroxylation is 1. The van der Waals surface area contributed by atoms with Crippen LogP contribution in [0.1, 0.15) is 49.3 Å². The van der Waals surface area contributed by atoms with Crippen LogP contribution in [0.25, 0.3) is 0 Å². The molecule has 0 bridgehead atoms. The molecule has 2 atom stereocenters. The summed E-state index contributed by atoms with van der Waals surface area (Å²) in [6.45, 7) is 4.11. The maximum Gasteiger partial charge on any atom is 0.422 e. The molecule has 7 heteroatoms. The highest BCUT2D eigenvalue weighted by atomic mass is 19.4. The molecular weight excluding hydrogens is 434 g/mol. The normalized spacial score (nSPS) is 20.8. The van der Waals surface area contributed by atoms with Crippen LogP contribution in [0.4, 0.5) is 17.6 Å². The van der Waals surface area contributed by atoms with E-state index in [2.05, 4.69) is 18.7 Å². The molecule has 0 saturated carbocycles. The number of para-hydroxylation sites is 1. The van der Waals surface area contributed by atoms with Gasteiger partial charge < -0.3 is 14.7 Å². The molecule has 33 heavy (non-hydrogen) atoms. The molecule has 0 aromatic heterocycles. The molecule has 2 aromatic rings. The Morgan fingerprint density at radius 1 is 1.15 bits per heavy atom. The maximum absolute atomic E-state index is 13.7. The van der Waals surface area contributed by atoms with Crippen LogP contribution >= 0.6 is 0 Å². The number of hydrogen-bond acceptors (Lipinski definition) is 3. The number of benzene rings is 2. The summed E-state index contributed by atoms with van der Waals surface area (Å²) in [7, 11) is 1.94. The van der Waals surface area contributed by atoms with Gasteiger partial charge in [0.05, 0.1) is 5.60 Å². The molecule has 1 aliphatic carbocycles. The number of likely N-dealkylation sites (N-methyl/N-ethyl adjacent to an activating group) is 1. The first kappa shape index (κ1) is 25.5. The Morgan fingerprint density at radius 2 is 1.88 bits per heavy atom. The molecule has 3 rings (SSSR count). The van der Waals surface area contributed by atoms with Crippen molar-refractivity contribution in [2.45, 2.75) is 57.2 Å². The van der Waals surface area contributed by atoms with Crippen LogP contribution in [-0.2, 0) is 12.8 Å². The number of nitrogens with zero attached hydrogens (tertiary/aromatic N) is 1. The van der Waals surface area contributed by atoms with Crippen LogP contribution in [0.15, 0.2) is 42.5 Å². The van der Waals surface area contributed by atoms with Crippen LogP contribution in [-0.4, -0.2) is 48.5 Å². The van der Waals surface area contributed by atoms with Gasteiger partial charge in [-0.15, -0.1) is 0 Å². The topological polar surface area (TPSA) is 32.7 Å². The predicted molar refractivity (Wildman–Crippen MR) is 121 cm³/mol. The number of rotatable bonds is 9. The summed E-state index contributed by atoms with van der Waals surface area (Å²) >= 11 is 0. The van der Waals surface area contributed by atoms with Crippen molar-refractivity contribution in [3.8, 4) is 5.75 Å². The van der Waals surface area contributed by atoms with Gasteiger partial charge in [-0.1, -0.05) is 38.1 Å². The maximum atomic E-state index is 13.7. The number of fused-ring (bicyclic) bond motifs is 1. The lowest BCUT2D eigenvalue weighted by Crippen LogP contribution is -2.45. The Bertz CT molecular complexity index is 931. The molecule has 182 valence electrons. The zero-order chi connectivity index (χ0) is 24.2. The summed E-state index contributed by atoms with van der Waals surface area (Å²) in [5.41, 5.74) is 1.84. The Morgan fingerprint density at radius 3 is 2.58 bits per heavy atom. The summed E-state index contributed by atoms with van der Waals surface area (Å²) in [6, 6.07) is 11.6. The summed E-state index contributed by atoms with van der Waals surface area (Å²) < 4.78 is 56.2. The van der Waals surface area contributed by atoms with Gasteiger partial charge >= 0.3 is 6.18 Å². The molecule has 0 spiro atoms. The standard InChI is InChI=1S/C26H33F4NO2/c1-18(2)24-22-9-8-21(27)16-20(22)10-12-25(24,32)13-15-31(3)14-11-19-6-4-5-7-23(19)33-17-26(28,29)30/h4-9,16,18,24,32H,10-15,17H2,1-3H3/t24-,25-/m0/s1. The van der Waals surface area contributed by atoms with E-state index in [4.69, 9.17) is 4.74 Å². The summed E-state index contributed by atoms with van der Waals surface area (Å²) in [4.78, 5) is 2.08. The lowest BCUT2D eigenvalue weighted by Gasteiger charge is -2.44. The van der Waals surface area contributed by atoms with Gasteiger partial charge in [-0.25, -0.2) is 4.39 Å². The lowest BCUT2D eigenvalue weighted by molar-refractivity contribution is -0.153. The van der Waals surface area contributed by atoms with E-state index in [1.165, 1.54) is 6.07 Å². The minimum absolute atomic E-state index is 0.0771. The Kier molecular flexibility index (Phi) is 8.06. The van der Waals surface area contributed by atoms with E-state index < -0.39 is 18.4 Å². The second-order valence-electron chi connectivity index (χ2n) is 9.48. The third kappa shape index (κ3) is 6.70. The molecule has 1 N–H and O–H groups in total. The number of ether oxygens (including phenoxy) is 1. The van der Waals surface area contributed by atoms with E-state index in [1.807, 2.05) is 7.05 Å². The van der Waals surface area contributed by atoms with E-state index in [0.717, 1.165) is 16.7 Å². The van der Waals surface area contributed by atoms with Gasteiger partial charge in [-0.05, 0) is 73.5 Å². The van der Waals surface area contributed by atoms with Crippen LogP contribution in [0.5, 0.6) is 5.75 Å². The molecule has 0 radical (unpaired) electrons. The van der Waals surface area contributed by atoms with Gasteiger partial charge in [0.2, 0.25) is 0 Å². The predicted octanol–water partition coefficient (Wildman–Crippen LogP) is 5.75. The van der Waals surface area contributed by atoms with Crippen LogP contribution in [0.2, 0.25) is 0 Å². The van der Waals surface area contributed by atoms with Gasteiger partial charge in [0.25, 0.3) is 0 Å². The molecule has 0 heterocycles. The summed E-state index contributed by atoms with van der Waals surface area (Å²) in [5.74, 6) is 0.119. The van der Waals surface area contributed by atoms with Crippen LogP contribution in [0.3, 0.4) is 0 Å². The molecule has 2 aromatic carbocycles. The quantitative estimate of drug-likeness (QED) is 0.477. The SMILES string of the molecule is CC(C)[C@H]1c2ccc(F)cc2CC[C@]1(O)CCN(C)CCc1ccccc1OCC(F)(F)F. The minimum atomic E-state index is -4.38. The highest BCUT2D eigenvalue weighted by Gasteiger charge is 2.43. The van der Waals surface area contributed by atoms with Crippen LogP contribution in [0, 0.1) is 11.7 Å². The Hall–Kier alpha value is -2.12. The monoisotopic (exact) mass is 467 g/mol. The zero-order valence-corrected chi connectivity index (χ0v) is 19.5. The van der Waals surface area contributed by atoms with Crippen molar-refractivity contribution in [3.05, 3.63) is 65.0 Å². The van der Waals surface area contributed by atoms with Crippen molar-refractivity contribution in [3.63, 3.8) is 0 Å². The van der Waals surface area contributed by atoms with Gasteiger partial charge in [0, 0.05) is 19.0 Å². The Labute approximate surface area is 193 Å². The lowest BCUT2D eigenvalue weighted by atomic mass is 9.66. The molecule has 0 saturated heterocycles. The van der Waals surface area contributed by atoms with Gasteiger partial charge in [0.1, 0.15) is 11.6 Å². The van der Waals surface area contributed by atoms with Gasteiger partial charge in [-0.2, -0.15) is 13.2 Å². The molecule has 0 fully saturated rings. The van der Waals surface area contributed by atoms with E-state index in [9.17, 15) is 22.7 Å². The smallest absolute Gasteiger partial charge is 0.422 e. The van der Waals surface area contributed by atoms with E-state index in [0.29, 0.717) is 38.8 Å². The fraction of sp³-hybridized carbons (Fsp3) is 0.538. The van der Waals surface area contributed by atoms with Crippen molar-refractivity contribution in [2.75, 3.05) is 26.7 Å². The average molecular weight is 468 g/mol. The molecule has 1 aliphatic rings. The largest absolute Gasteiger partial charge is 0.484 e. The van der Waals surface area contributed by atoms with Crippen molar-refractivity contribution in [2.24, 2.45) is 5.92 Å². The first-order chi connectivity index (χ1) is 15.5. The first-order valence-corrected chi connectivity index (χ1v) is 11.5. The fourth-order valence-electron chi connectivity index (χ4n) is 4.97. The molecule has 0 unspecified atom stereocenters. The van der Waals surface area contributed by atoms with Crippen LogP contribution < -0.4 is 4.74 Å². The average Bonchev–Trinajstić information content (AvgIpc) is 2.74. The number of halogens is 4. The van der Waals surface area contributed by atoms with Crippen molar-refractivity contribution < 1.29 is 27.4 Å². The highest BCUT2D eigenvalue weighted by Crippen LogP contribution is 2.45. The van der Waals surface area contributed by atoms with E-state index in [1.54, 1.807) is 36.4 Å². The number of hydrogen-bond donors (Lipinski definition) is 1. The second-order valence-corrected chi connectivity index (χ2v) is 9.48. The van der Waals surface area contributed by atoms with Crippen molar-refractivity contribution in [1.82, 2.24) is 4.90 Å². The molecule has 3 nitrogen and oxygen atoms in total.